The second kappa shape index (κ2) is 9.59. The molecule has 2 atom stereocenters. The first-order valence-corrected chi connectivity index (χ1v) is 10.6. The van der Waals surface area contributed by atoms with E-state index in [1.165, 1.54) is 5.56 Å². The lowest BCUT2D eigenvalue weighted by Crippen LogP contribution is -2.60. The van der Waals surface area contributed by atoms with E-state index in [0.29, 0.717) is 19.6 Å². The van der Waals surface area contributed by atoms with E-state index in [4.69, 9.17) is 0 Å². The van der Waals surface area contributed by atoms with Crippen molar-refractivity contribution in [1.29, 1.82) is 0 Å². The van der Waals surface area contributed by atoms with Crippen LogP contribution in [0.5, 0.6) is 0 Å². The molecule has 1 heterocycles. The van der Waals surface area contributed by atoms with Gasteiger partial charge in [-0.05, 0) is 29.5 Å². The first-order chi connectivity index (χ1) is 14.7. The molecule has 3 aromatic carbocycles. The van der Waals surface area contributed by atoms with Crippen LogP contribution in [0, 0.1) is 0 Å². The second-order valence-corrected chi connectivity index (χ2v) is 7.92. The Morgan fingerprint density at radius 1 is 0.733 bits per heavy atom. The van der Waals surface area contributed by atoms with Crippen LogP contribution in [0.4, 0.5) is 4.79 Å². The van der Waals surface area contributed by atoms with Gasteiger partial charge in [0.2, 0.25) is 0 Å². The molecule has 4 heteroatoms. The third-order valence-corrected chi connectivity index (χ3v) is 5.75. The Bertz CT molecular complexity index is 931. The number of benzene rings is 3. The zero-order valence-electron chi connectivity index (χ0n) is 17.1. The number of carbonyl (C=O) groups is 1. The van der Waals surface area contributed by atoms with E-state index < -0.39 is 6.10 Å². The van der Waals surface area contributed by atoms with E-state index in [1.54, 1.807) is 4.90 Å². The van der Waals surface area contributed by atoms with Crippen molar-refractivity contribution in [3.63, 3.8) is 0 Å². The second-order valence-electron chi connectivity index (χ2n) is 7.92. The van der Waals surface area contributed by atoms with Crippen LogP contribution in [0.3, 0.4) is 0 Å². The minimum absolute atomic E-state index is 0.00827. The summed E-state index contributed by atoms with van der Waals surface area (Å²) in [5.74, 6) is 0. The Balaban J connectivity index is 1.54. The molecule has 30 heavy (non-hydrogen) atoms. The lowest BCUT2D eigenvalue weighted by molar-refractivity contribution is -0.00743. The summed E-state index contributed by atoms with van der Waals surface area (Å²) < 4.78 is 0. The molecule has 0 aliphatic carbocycles. The molecular formula is C26H28N2O2. The van der Waals surface area contributed by atoms with E-state index in [-0.39, 0.29) is 12.1 Å². The summed E-state index contributed by atoms with van der Waals surface area (Å²) in [6.45, 7) is 1.37. The first kappa shape index (κ1) is 20.2. The van der Waals surface area contributed by atoms with Gasteiger partial charge in [0.1, 0.15) is 0 Å². The zero-order valence-corrected chi connectivity index (χ0v) is 17.1. The highest BCUT2D eigenvalue weighted by atomic mass is 16.3. The molecular weight excluding hydrogens is 372 g/mol. The topological polar surface area (TPSA) is 43.8 Å². The Hall–Kier alpha value is -3.11. The summed E-state index contributed by atoms with van der Waals surface area (Å²) in [6.07, 6.45) is 0.988. The van der Waals surface area contributed by atoms with E-state index >= 15 is 0 Å². The van der Waals surface area contributed by atoms with Gasteiger partial charge in [0.05, 0.1) is 18.7 Å². The average molecular weight is 401 g/mol. The minimum atomic E-state index is -0.584. The number of urea groups is 1. The summed E-state index contributed by atoms with van der Waals surface area (Å²) >= 11 is 0. The number of amides is 2. The number of hydrogen-bond acceptors (Lipinski definition) is 2. The lowest BCUT2D eigenvalue weighted by Gasteiger charge is -2.44. The van der Waals surface area contributed by atoms with Gasteiger partial charge in [0.15, 0.2) is 0 Å². The number of rotatable bonds is 7. The fraction of sp³-hybridized carbons (Fsp3) is 0.269. The fourth-order valence-corrected chi connectivity index (χ4v) is 4.17. The van der Waals surface area contributed by atoms with Gasteiger partial charge in [-0.25, -0.2) is 4.79 Å². The van der Waals surface area contributed by atoms with Gasteiger partial charge in [0.25, 0.3) is 0 Å². The van der Waals surface area contributed by atoms with Crippen LogP contribution >= 0.6 is 0 Å². The van der Waals surface area contributed by atoms with Crippen molar-refractivity contribution in [2.45, 2.75) is 38.1 Å². The molecule has 1 N–H and O–H groups in total. The van der Waals surface area contributed by atoms with Gasteiger partial charge in [-0.2, -0.15) is 0 Å². The highest BCUT2D eigenvalue weighted by Gasteiger charge is 2.38. The van der Waals surface area contributed by atoms with E-state index in [2.05, 4.69) is 12.1 Å². The van der Waals surface area contributed by atoms with Crippen molar-refractivity contribution < 1.29 is 9.90 Å². The summed E-state index contributed by atoms with van der Waals surface area (Å²) in [5.41, 5.74) is 3.37. The minimum Gasteiger partial charge on any atom is -0.389 e. The van der Waals surface area contributed by atoms with E-state index in [1.807, 2.05) is 83.8 Å². The standard InChI is InChI=1S/C26H28N2O2/c29-25-20-27(18-22-12-6-2-7-13-22)26(30)28(19-23-14-8-3-9-15-23)24(25)17-16-21-10-4-1-5-11-21/h1-15,24-25,29H,16-20H2/t24-,25-/m0/s1. The van der Waals surface area contributed by atoms with Crippen LogP contribution in [0.1, 0.15) is 23.1 Å². The number of hydrogen-bond donors (Lipinski definition) is 1. The molecule has 4 rings (SSSR count). The van der Waals surface area contributed by atoms with Crippen LogP contribution in [0.25, 0.3) is 0 Å². The zero-order chi connectivity index (χ0) is 20.8. The van der Waals surface area contributed by atoms with Crippen LogP contribution in [0.2, 0.25) is 0 Å². The molecule has 1 saturated heterocycles. The van der Waals surface area contributed by atoms with Crippen molar-refractivity contribution in [3.8, 4) is 0 Å². The van der Waals surface area contributed by atoms with Crippen molar-refractivity contribution in [3.05, 3.63) is 108 Å². The molecule has 0 spiro atoms. The Kier molecular flexibility index (Phi) is 6.45. The quantitative estimate of drug-likeness (QED) is 0.635. The summed E-state index contributed by atoms with van der Waals surface area (Å²) in [7, 11) is 0. The number of carbonyl (C=O) groups excluding carboxylic acids is 1. The monoisotopic (exact) mass is 400 g/mol. The maximum atomic E-state index is 13.4. The average Bonchev–Trinajstić information content (AvgIpc) is 2.79. The molecule has 0 radical (unpaired) electrons. The predicted molar refractivity (Wildman–Crippen MR) is 119 cm³/mol. The van der Waals surface area contributed by atoms with Gasteiger partial charge in [-0.15, -0.1) is 0 Å². The van der Waals surface area contributed by atoms with Crippen LogP contribution < -0.4 is 0 Å². The lowest BCUT2D eigenvalue weighted by atomic mass is 9.96. The maximum absolute atomic E-state index is 13.4. The Morgan fingerprint density at radius 2 is 1.23 bits per heavy atom. The number of β-amino-alcohol motifs (C(OH)–C–C–N with tert-alkyl or cyclic N) is 1. The molecule has 154 valence electrons. The van der Waals surface area contributed by atoms with Gasteiger partial charge in [-0.1, -0.05) is 91.0 Å². The van der Waals surface area contributed by atoms with Crippen LogP contribution in [-0.2, 0) is 19.5 Å². The largest absolute Gasteiger partial charge is 0.389 e. The molecule has 1 aliphatic heterocycles. The van der Waals surface area contributed by atoms with Crippen LogP contribution in [-0.4, -0.2) is 39.6 Å². The maximum Gasteiger partial charge on any atom is 0.321 e. The molecule has 2 amide bonds. The fourth-order valence-electron chi connectivity index (χ4n) is 4.17. The van der Waals surface area contributed by atoms with Crippen molar-refractivity contribution in [1.82, 2.24) is 9.80 Å². The number of aliphatic hydroxyl groups excluding tert-OH is 1. The Labute approximate surface area is 178 Å². The van der Waals surface area contributed by atoms with Gasteiger partial charge in [0, 0.05) is 13.1 Å². The summed E-state index contributed by atoms with van der Waals surface area (Å²) in [6, 6.07) is 30.0. The number of nitrogens with zero attached hydrogens (tertiary/aromatic N) is 2. The third kappa shape index (κ3) is 4.89. The smallest absolute Gasteiger partial charge is 0.321 e. The van der Waals surface area contributed by atoms with Crippen molar-refractivity contribution in [2.24, 2.45) is 0 Å². The first-order valence-electron chi connectivity index (χ1n) is 10.6. The Morgan fingerprint density at radius 3 is 1.80 bits per heavy atom. The van der Waals surface area contributed by atoms with Crippen molar-refractivity contribution in [2.75, 3.05) is 6.54 Å². The molecule has 1 fully saturated rings. The van der Waals surface area contributed by atoms with E-state index in [0.717, 1.165) is 24.0 Å². The molecule has 0 saturated carbocycles. The van der Waals surface area contributed by atoms with Gasteiger partial charge >= 0.3 is 6.03 Å². The summed E-state index contributed by atoms with van der Waals surface area (Å²) in [5, 5.41) is 11.0. The normalized spacial score (nSPS) is 19.2. The number of aryl methyl sites for hydroxylation is 1. The summed E-state index contributed by atoms with van der Waals surface area (Å²) in [4.78, 5) is 17.1. The highest BCUT2D eigenvalue weighted by Crippen LogP contribution is 2.25. The van der Waals surface area contributed by atoms with Gasteiger partial charge < -0.3 is 14.9 Å². The van der Waals surface area contributed by atoms with Crippen molar-refractivity contribution >= 4 is 6.03 Å². The third-order valence-electron chi connectivity index (χ3n) is 5.75. The highest BCUT2D eigenvalue weighted by molar-refractivity contribution is 5.76. The van der Waals surface area contributed by atoms with Gasteiger partial charge in [-0.3, -0.25) is 0 Å². The molecule has 0 aromatic heterocycles. The van der Waals surface area contributed by atoms with Crippen LogP contribution in [0.15, 0.2) is 91.0 Å². The van der Waals surface area contributed by atoms with E-state index in [9.17, 15) is 9.90 Å². The molecule has 1 aliphatic rings. The SMILES string of the molecule is O=C1N(Cc2ccccc2)C[C@H](O)[C@H](CCc2ccccc2)N1Cc1ccccc1. The molecule has 4 nitrogen and oxygen atoms in total. The number of aliphatic hydroxyl groups is 1. The molecule has 0 unspecified atom stereocenters. The molecule has 3 aromatic rings. The molecule has 0 bridgehead atoms. The predicted octanol–water partition coefficient (Wildman–Crippen LogP) is 4.49.